The van der Waals surface area contributed by atoms with Gasteiger partial charge in [-0.3, -0.25) is 0 Å². The molecule has 0 amide bonds. The lowest BCUT2D eigenvalue weighted by Gasteiger charge is -1.97. The Balaban J connectivity index is 3.31. The van der Waals surface area contributed by atoms with Crippen molar-refractivity contribution in [1.82, 2.24) is 9.97 Å². The Morgan fingerprint density at radius 1 is 1.20 bits per heavy atom. The Morgan fingerprint density at radius 2 is 1.60 bits per heavy atom. The van der Waals surface area contributed by atoms with Crippen molar-refractivity contribution in [2.45, 2.75) is 0 Å². The van der Waals surface area contributed by atoms with Gasteiger partial charge in [-0.1, -0.05) is 11.6 Å². The maximum absolute atomic E-state index is 12.2. The van der Waals surface area contributed by atoms with Crippen LogP contribution in [0.3, 0.4) is 0 Å². The average Bonchev–Trinajstić information content (AvgIpc) is 1.82. The van der Waals surface area contributed by atoms with Crippen LogP contribution >= 0.6 is 11.6 Å². The van der Waals surface area contributed by atoms with Gasteiger partial charge in [-0.2, -0.15) is 14.4 Å². The highest BCUT2D eigenvalue weighted by Gasteiger charge is 2.05. The molecule has 0 spiro atoms. The molecule has 0 radical (unpaired) electrons. The fourth-order valence-electron chi connectivity index (χ4n) is 0.453. The van der Waals surface area contributed by atoms with E-state index in [0.29, 0.717) is 0 Å². The van der Waals surface area contributed by atoms with Crippen LogP contribution < -0.4 is 11.5 Å². The second-order valence-corrected chi connectivity index (χ2v) is 1.96. The Bertz CT molecular complexity index is 240. The summed E-state index contributed by atoms with van der Waals surface area (Å²) in [5.41, 5.74) is 10.2. The van der Waals surface area contributed by atoms with Crippen molar-refractivity contribution in [2.75, 3.05) is 11.5 Å². The van der Waals surface area contributed by atoms with Crippen LogP contribution in [-0.4, -0.2) is 9.97 Å². The average molecular weight is 163 g/mol. The number of halogens is 2. The number of nitrogen functional groups attached to an aromatic ring is 2. The highest BCUT2D eigenvalue weighted by atomic mass is 35.5. The minimum atomic E-state index is -0.973. The molecule has 0 aliphatic heterocycles. The maximum Gasteiger partial charge on any atom is 0.312 e. The van der Waals surface area contributed by atoms with Crippen molar-refractivity contribution >= 4 is 23.2 Å². The number of hydrogen-bond acceptors (Lipinski definition) is 4. The van der Waals surface area contributed by atoms with E-state index in [1.165, 1.54) is 0 Å². The molecule has 0 bridgehead atoms. The first-order valence-electron chi connectivity index (χ1n) is 2.35. The van der Waals surface area contributed by atoms with Gasteiger partial charge in [0.05, 0.1) is 0 Å². The molecule has 10 heavy (non-hydrogen) atoms. The maximum atomic E-state index is 12.2. The Kier molecular flexibility index (Phi) is 1.58. The van der Waals surface area contributed by atoms with Crippen molar-refractivity contribution < 1.29 is 4.39 Å². The first-order chi connectivity index (χ1) is 4.61. The summed E-state index contributed by atoms with van der Waals surface area (Å²) >= 11 is 5.41. The number of rotatable bonds is 0. The second-order valence-electron chi connectivity index (χ2n) is 1.58. The van der Waals surface area contributed by atoms with Crippen molar-refractivity contribution in [3.63, 3.8) is 0 Å². The summed E-state index contributed by atoms with van der Waals surface area (Å²) in [5.74, 6) is -0.293. The van der Waals surface area contributed by atoms with Gasteiger partial charge >= 0.3 is 6.08 Å². The van der Waals surface area contributed by atoms with Crippen LogP contribution in [0, 0.1) is 6.08 Å². The standard InChI is InChI=1S/C4H4ClFN4/c5-1-2(7)9-4(6)10-3(1)8/h(H4,7,8,9,10). The summed E-state index contributed by atoms with van der Waals surface area (Å²) in [5, 5.41) is -0.0126. The van der Waals surface area contributed by atoms with Gasteiger partial charge in [0.25, 0.3) is 0 Å². The number of anilines is 2. The van der Waals surface area contributed by atoms with Crippen LogP contribution in [0.2, 0.25) is 5.02 Å². The van der Waals surface area contributed by atoms with Gasteiger partial charge in [-0.25, -0.2) is 0 Å². The van der Waals surface area contributed by atoms with Crippen molar-refractivity contribution in [2.24, 2.45) is 0 Å². The third-order valence-electron chi connectivity index (χ3n) is 0.875. The molecule has 4 nitrogen and oxygen atoms in total. The molecule has 6 heteroatoms. The number of nitrogens with two attached hydrogens (primary N) is 2. The molecule has 0 aliphatic rings. The highest BCUT2D eigenvalue weighted by molar-refractivity contribution is 6.34. The van der Waals surface area contributed by atoms with Gasteiger partial charge in [-0.15, -0.1) is 0 Å². The molecular weight excluding hydrogens is 159 g/mol. The summed E-state index contributed by atoms with van der Waals surface area (Å²) in [4.78, 5) is 6.24. The molecule has 0 saturated heterocycles. The number of aromatic nitrogens is 2. The Morgan fingerprint density at radius 3 is 2.00 bits per heavy atom. The lowest BCUT2D eigenvalue weighted by atomic mass is 10.5. The number of nitrogens with zero attached hydrogens (tertiary/aromatic N) is 2. The third kappa shape index (κ3) is 1.08. The van der Waals surface area contributed by atoms with E-state index in [2.05, 4.69) is 9.97 Å². The molecule has 0 aromatic carbocycles. The molecule has 1 aromatic rings. The van der Waals surface area contributed by atoms with Gasteiger partial charge in [0.1, 0.15) is 5.02 Å². The zero-order chi connectivity index (χ0) is 7.72. The smallest absolute Gasteiger partial charge is 0.312 e. The topological polar surface area (TPSA) is 77.8 Å². The monoisotopic (exact) mass is 162 g/mol. The summed E-state index contributed by atoms with van der Waals surface area (Å²) in [6.07, 6.45) is -0.973. The minimum Gasteiger partial charge on any atom is -0.382 e. The van der Waals surface area contributed by atoms with E-state index in [0.717, 1.165) is 0 Å². The summed E-state index contributed by atoms with van der Waals surface area (Å²) in [7, 11) is 0. The van der Waals surface area contributed by atoms with E-state index >= 15 is 0 Å². The molecule has 54 valence electrons. The lowest BCUT2D eigenvalue weighted by Crippen LogP contribution is -2.02. The van der Waals surface area contributed by atoms with E-state index in [-0.39, 0.29) is 16.7 Å². The van der Waals surface area contributed by atoms with Crippen molar-refractivity contribution in [3.05, 3.63) is 11.1 Å². The van der Waals surface area contributed by atoms with E-state index in [9.17, 15) is 4.39 Å². The predicted octanol–water partition coefficient (Wildman–Crippen LogP) is 0.433. The van der Waals surface area contributed by atoms with E-state index in [4.69, 9.17) is 23.1 Å². The van der Waals surface area contributed by atoms with Crippen LogP contribution in [0.4, 0.5) is 16.0 Å². The molecule has 0 aliphatic carbocycles. The lowest BCUT2D eigenvalue weighted by molar-refractivity contribution is 0.543. The second kappa shape index (κ2) is 2.26. The largest absolute Gasteiger partial charge is 0.382 e. The van der Waals surface area contributed by atoms with E-state index in [1.54, 1.807) is 0 Å². The zero-order valence-electron chi connectivity index (χ0n) is 4.81. The first-order valence-corrected chi connectivity index (χ1v) is 2.73. The van der Waals surface area contributed by atoms with E-state index < -0.39 is 6.08 Å². The fourth-order valence-corrected chi connectivity index (χ4v) is 0.538. The van der Waals surface area contributed by atoms with Crippen molar-refractivity contribution in [1.29, 1.82) is 0 Å². The highest BCUT2D eigenvalue weighted by Crippen LogP contribution is 2.20. The third-order valence-corrected chi connectivity index (χ3v) is 1.26. The minimum absolute atomic E-state index is 0.0126. The van der Waals surface area contributed by atoms with Gasteiger partial charge in [0.15, 0.2) is 11.6 Å². The van der Waals surface area contributed by atoms with Crippen LogP contribution in [0.25, 0.3) is 0 Å². The quantitative estimate of drug-likeness (QED) is 0.543. The summed E-state index contributed by atoms with van der Waals surface area (Å²) in [6.45, 7) is 0. The van der Waals surface area contributed by atoms with Gasteiger partial charge < -0.3 is 11.5 Å². The first kappa shape index (κ1) is 7.01. The fraction of sp³-hybridized carbons (Fsp3) is 0. The molecule has 0 atom stereocenters. The van der Waals surface area contributed by atoms with Crippen molar-refractivity contribution in [3.8, 4) is 0 Å². The molecule has 0 fully saturated rings. The summed E-state index contributed by atoms with van der Waals surface area (Å²) < 4.78 is 12.2. The Hall–Kier alpha value is -1.10. The molecule has 4 N–H and O–H groups in total. The number of hydrogen-bond donors (Lipinski definition) is 2. The van der Waals surface area contributed by atoms with Crippen LogP contribution in [-0.2, 0) is 0 Å². The van der Waals surface area contributed by atoms with Crippen LogP contribution in [0.1, 0.15) is 0 Å². The van der Waals surface area contributed by atoms with Crippen LogP contribution in [0.5, 0.6) is 0 Å². The normalized spacial score (nSPS) is 9.80. The van der Waals surface area contributed by atoms with Gasteiger partial charge in [0, 0.05) is 0 Å². The predicted molar refractivity (Wildman–Crippen MR) is 35.8 cm³/mol. The summed E-state index contributed by atoms with van der Waals surface area (Å²) in [6, 6.07) is 0. The molecule has 0 saturated carbocycles. The molecule has 0 unspecified atom stereocenters. The van der Waals surface area contributed by atoms with Crippen LogP contribution in [0.15, 0.2) is 0 Å². The van der Waals surface area contributed by atoms with Gasteiger partial charge in [0.2, 0.25) is 0 Å². The molecule has 1 rings (SSSR count). The molecular formula is C4H4ClFN4. The molecule has 1 heterocycles. The zero-order valence-corrected chi connectivity index (χ0v) is 5.56. The van der Waals surface area contributed by atoms with Gasteiger partial charge in [-0.05, 0) is 0 Å². The van der Waals surface area contributed by atoms with E-state index in [1.807, 2.05) is 0 Å². The molecule has 1 aromatic heterocycles. The SMILES string of the molecule is Nc1nc(F)nc(N)c1Cl. The Labute approximate surface area is 61.0 Å².